The zero-order valence-electron chi connectivity index (χ0n) is 9.50. The minimum absolute atomic E-state index is 0.203. The third kappa shape index (κ3) is 1.91. The summed E-state index contributed by atoms with van der Waals surface area (Å²) in [5.74, 6) is -2.05. The first-order chi connectivity index (χ1) is 8.00. The summed E-state index contributed by atoms with van der Waals surface area (Å²) in [6, 6.07) is 3.53. The van der Waals surface area contributed by atoms with E-state index >= 15 is 0 Å². The van der Waals surface area contributed by atoms with Gasteiger partial charge in [-0.3, -0.25) is 0 Å². The van der Waals surface area contributed by atoms with Crippen molar-refractivity contribution in [2.75, 3.05) is 6.61 Å². The molecule has 0 bridgehead atoms. The van der Waals surface area contributed by atoms with E-state index in [0.717, 1.165) is 12.1 Å². The van der Waals surface area contributed by atoms with Crippen molar-refractivity contribution >= 4 is 5.97 Å². The van der Waals surface area contributed by atoms with Crippen LogP contribution >= 0.6 is 0 Å². The van der Waals surface area contributed by atoms with E-state index in [2.05, 4.69) is 0 Å². The quantitative estimate of drug-likeness (QED) is 0.602. The van der Waals surface area contributed by atoms with Gasteiger partial charge in [0, 0.05) is 0 Å². The van der Waals surface area contributed by atoms with E-state index in [1.54, 1.807) is 6.92 Å². The molecule has 2 atom stereocenters. The number of carbonyl (C=O) groups is 1. The second kappa shape index (κ2) is 4.07. The molecule has 1 aromatic rings. The molecule has 1 aromatic carbocycles. The molecule has 0 radical (unpaired) electrons. The first-order valence-corrected chi connectivity index (χ1v) is 5.29. The van der Waals surface area contributed by atoms with Crippen LogP contribution < -0.4 is 0 Å². The van der Waals surface area contributed by atoms with E-state index in [1.807, 2.05) is 0 Å². The van der Waals surface area contributed by atoms with Crippen LogP contribution in [0.5, 0.6) is 0 Å². The van der Waals surface area contributed by atoms with E-state index in [-0.39, 0.29) is 12.2 Å². The summed E-state index contributed by atoms with van der Waals surface area (Å²) < 4.78 is 36.9. The summed E-state index contributed by atoms with van der Waals surface area (Å²) in [6.07, 6.45) is -0.936. The lowest BCUT2D eigenvalue weighted by Gasteiger charge is -2.09. The molecule has 5 heteroatoms. The summed E-state index contributed by atoms with van der Waals surface area (Å²) in [6.45, 7) is 3.33. The fourth-order valence-electron chi connectivity index (χ4n) is 1.86. The first kappa shape index (κ1) is 12.0. The topological polar surface area (TPSA) is 38.8 Å². The van der Waals surface area contributed by atoms with Crippen LogP contribution in [-0.4, -0.2) is 18.7 Å². The van der Waals surface area contributed by atoms with Crippen molar-refractivity contribution in [3.8, 4) is 0 Å². The molecule has 0 aromatic heterocycles. The Balaban J connectivity index is 2.28. The number of carbonyl (C=O) groups excluding carboxylic acids is 1. The normalized spacial score (nSPS) is 26.7. The van der Waals surface area contributed by atoms with E-state index in [4.69, 9.17) is 9.47 Å². The molecule has 0 spiro atoms. The predicted octanol–water partition coefficient (Wildman–Crippen LogP) is 2.14. The Hall–Kier alpha value is -1.49. The highest BCUT2D eigenvalue weighted by molar-refractivity contribution is 5.79. The lowest BCUT2D eigenvalue weighted by molar-refractivity contribution is -0.144. The number of halogens is 2. The van der Waals surface area contributed by atoms with E-state index in [1.165, 1.54) is 13.0 Å². The molecular weight excluding hydrogens is 230 g/mol. The number of hydrogen-bond acceptors (Lipinski definition) is 3. The van der Waals surface area contributed by atoms with Crippen molar-refractivity contribution in [1.29, 1.82) is 0 Å². The van der Waals surface area contributed by atoms with Crippen LogP contribution in [-0.2, 0) is 19.9 Å². The Labute approximate surface area is 97.3 Å². The fourth-order valence-corrected chi connectivity index (χ4v) is 1.86. The monoisotopic (exact) mass is 242 g/mol. The average Bonchev–Trinajstić information content (AvgIpc) is 2.91. The average molecular weight is 242 g/mol. The van der Waals surface area contributed by atoms with Gasteiger partial charge < -0.3 is 9.47 Å². The SMILES string of the molecule is CCOC(=O)C1OC1(C)c1c(F)cccc1F. The summed E-state index contributed by atoms with van der Waals surface area (Å²) >= 11 is 0. The zero-order chi connectivity index (χ0) is 12.6. The van der Waals surface area contributed by atoms with Gasteiger partial charge in [0.25, 0.3) is 0 Å². The van der Waals surface area contributed by atoms with Crippen LogP contribution in [0.4, 0.5) is 8.78 Å². The molecule has 0 amide bonds. The number of benzene rings is 1. The molecule has 92 valence electrons. The smallest absolute Gasteiger partial charge is 0.338 e. The first-order valence-electron chi connectivity index (χ1n) is 5.29. The van der Waals surface area contributed by atoms with Gasteiger partial charge in [-0.2, -0.15) is 0 Å². The third-order valence-corrected chi connectivity index (χ3v) is 2.77. The number of esters is 1. The van der Waals surface area contributed by atoms with E-state index in [9.17, 15) is 13.6 Å². The van der Waals surface area contributed by atoms with Gasteiger partial charge in [0.05, 0.1) is 12.2 Å². The Morgan fingerprint density at radius 1 is 1.47 bits per heavy atom. The van der Waals surface area contributed by atoms with Crippen LogP contribution in [0, 0.1) is 11.6 Å². The van der Waals surface area contributed by atoms with Crippen molar-refractivity contribution in [2.45, 2.75) is 25.6 Å². The maximum Gasteiger partial charge on any atom is 0.338 e. The van der Waals surface area contributed by atoms with Gasteiger partial charge in [-0.1, -0.05) is 6.07 Å². The zero-order valence-corrected chi connectivity index (χ0v) is 9.50. The molecule has 1 aliphatic rings. The molecule has 17 heavy (non-hydrogen) atoms. The van der Waals surface area contributed by atoms with Crippen molar-refractivity contribution in [3.05, 3.63) is 35.4 Å². The van der Waals surface area contributed by atoms with E-state index < -0.39 is 29.3 Å². The Bertz CT molecular complexity index is 441. The summed E-state index contributed by atoms with van der Waals surface area (Å²) in [7, 11) is 0. The van der Waals surface area contributed by atoms with Gasteiger partial charge in [-0.25, -0.2) is 13.6 Å². The third-order valence-electron chi connectivity index (χ3n) is 2.77. The number of epoxide rings is 1. The molecule has 0 aliphatic carbocycles. The lowest BCUT2D eigenvalue weighted by atomic mass is 9.96. The maximum atomic E-state index is 13.5. The van der Waals surface area contributed by atoms with Crippen molar-refractivity contribution < 1.29 is 23.0 Å². The standard InChI is InChI=1S/C12H12F2O3/c1-3-16-11(15)10-12(2,17-10)9-7(13)5-4-6-8(9)14/h4-6,10H,3H2,1-2H3. The Kier molecular flexibility index (Phi) is 2.87. The van der Waals surface area contributed by atoms with Gasteiger partial charge in [-0.15, -0.1) is 0 Å². The molecule has 0 saturated carbocycles. The predicted molar refractivity (Wildman–Crippen MR) is 55.2 cm³/mol. The van der Waals surface area contributed by atoms with Crippen LogP contribution in [0.3, 0.4) is 0 Å². The lowest BCUT2D eigenvalue weighted by Crippen LogP contribution is -2.20. The van der Waals surface area contributed by atoms with Crippen LogP contribution in [0.15, 0.2) is 18.2 Å². The molecule has 2 unspecified atom stereocenters. The Morgan fingerprint density at radius 3 is 2.59 bits per heavy atom. The van der Waals surface area contributed by atoms with Crippen LogP contribution in [0.2, 0.25) is 0 Å². The minimum atomic E-state index is -1.26. The molecule has 0 N–H and O–H groups in total. The minimum Gasteiger partial charge on any atom is -0.464 e. The molecule has 1 aliphatic heterocycles. The highest BCUT2D eigenvalue weighted by Crippen LogP contribution is 2.48. The number of ether oxygens (including phenoxy) is 2. The molecule has 1 heterocycles. The maximum absolute atomic E-state index is 13.5. The highest BCUT2D eigenvalue weighted by Gasteiger charge is 2.61. The highest BCUT2D eigenvalue weighted by atomic mass is 19.1. The van der Waals surface area contributed by atoms with Crippen molar-refractivity contribution in [3.63, 3.8) is 0 Å². The van der Waals surface area contributed by atoms with Crippen LogP contribution in [0.25, 0.3) is 0 Å². The largest absolute Gasteiger partial charge is 0.464 e. The second-order valence-electron chi connectivity index (χ2n) is 3.95. The van der Waals surface area contributed by atoms with Gasteiger partial charge in [0.15, 0.2) is 6.10 Å². The van der Waals surface area contributed by atoms with Gasteiger partial charge in [0.2, 0.25) is 0 Å². The molecule has 1 fully saturated rings. The van der Waals surface area contributed by atoms with E-state index in [0.29, 0.717) is 0 Å². The van der Waals surface area contributed by atoms with Crippen molar-refractivity contribution in [1.82, 2.24) is 0 Å². The van der Waals surface area contributed by atoms with Crippen molar-refractivity contribution in [2.24, 2.45) is 0 Å². The second-order valence-corrected chi connectivity index (χ2v) is 3.95. The molecular formula is C12H12F2O3. The molecule has 3 nitrogen and oxygen atoms in total. The van der Waals surface area contributed by atoms with Gasteiger partial charge in [0.1, 0.15) is 17.2 Å². The van der Waals surface area contributed by atoms with Gasteiger partial charge >= 0.3 is 5.97 Å². The molecule has 1 saturated heterocycles. The fraction of sp³-hybridized carbons (Fsp3) is 0.417. The van der Waals surface area contributed by atoms with Gasteiger partial charge in [-0.05, 0) is 26.0 Å². The summed E-state index contributed by atoms with van der Waals surface area (Å²) in [5.41, 5.74) is -1.49. The summed E-state index contributed by atoms with van der Waals surface area (Å²) in [4.78, 5) is 11.4. The summed E-state index contributed by atoms with van der Waals surface area (Å²) in [5, 5.41) is 0. The van der Waals surface area contributed by atoms with Crippen LogP contribution in [0.1, 0.15) is 19.4 Å². The number of rotatable bonds is 3. The Morgan fingerprint density at radius 2 is 2.06 bits per heavy atom. The molecule has 2 rings (SSSR count). The number of hydrogen-bond donors (Lipinski definition) is 0.